The number of hydrogen-bond acceptors (Lipinski definition) is 7. The summed E-state index contributed by atoms with van der Waals surface area (Å²) in [6.45, 7) is 7.14. The van der Waals surface area contributed by atoms with E-state index >= 15 is 0 Å². The Morgan fingerprint density at radius 2 is 1.93 bits per heavy atom. The van der Waals surface area contributed by atoms with Gasteiger partial charge in [0.2, 0.25) is 10.0 Å². The number of aromatic amines is 1. The molecule has 0 aromatic carbocycles. The van der Waals surface area contributed by atoms with Gasteiger partial charge in [0, 0.05) is 26.0 Å². The number of nitrogens with one attached hydrogen (secondary N) is 1. The van der Waals surface area contributed by atoms with Crippen LogP contribution in [-0.4, -0.2) is 60.4 Å². The molecule has 10 heteroatoms. The maximum absolute atomic E-state index is 12.9. The Kier molecular flexibility index (Phi) is 7.25. The van der Waals surface area contributed by atoms with Crippen molar-refractivity contribution in [2.24, 2.45) is 0 Å². The molecule has 0 radical (unpaired) electrons. The quantitative estimate of drug-likeness (QED) is 0.383. The summed E-state index contributed by atoms with van der Waals surface area (Å²) in [5.41, 5.74) is 1.87. The number of H-pyrrole nitrogens is 1. The summed E-state index contributed by atoms with van der Waals surface area (Å²) in [5, 5.41) is 0.0284. The van der Waals surface area contributed by atoms with E-state index in [1.54, 1.807) is 33.8 Å². The van der Waals surface area contributed by atoms with E-state index in [1.807, 2.05) is 0 Å². The molecule has 1 atom stereocenters. The summed E-state index contributed by atoms with van der Waals surface area (Å²) in [6, 6.07) is 3.03. The van der Waals surface area contributed by atoms with Crippen molar-refractivity contribution in [3.63, 3.8) is 0 Å². The number of carbonyl (C=O) groups excluding carboxylic acids is 2. The lowest BCUT2D eigenvalue weighted by molar-refractivity contribution is 0.0525. The Hall–Kier alpha value is -2.17. The van der Waals surface area contributed by atoms with Crippen LogP contribution in [-0.2, 0) is 14.8 Å². The molecule has 0 bridgehead atoms. The molecular formula is C19H25N3O5S2. The van der Waals surface area contributed by atoms with Crippen LogP contribution in [0.1, 0.15) is 46.0 Å². The summed E-state index contributed by atoms with van der Waals surface area (Å²) in [7, 11) is -0.659. The summed E-state index contributed by atoms with van der Waals surface area (Å²) in [5.74, 6) is -0.643. The molecule has 0 aliphatic rings. The molecule has 0 saturated heterocycles. The van der Waals surface area contributed by atoms with Crippen molar-refractivity contribution in [2.45, 2.75) is 42.9 Å². The van der Waals surface area contributed by atoms with E-state index in [0.717, 1.165) is 4.31 Å². The van der Waals surface area contributed by atoms with Gasteiger partial charge in [-0.1, -0.05) is 11.8 Å². The van der Waals surface area contributed by atoms with Gasteiger partial charge in [-0.15, -0.1) is 0 Å². The molecule has 2 aromatic heterocycles. The Bertz CT molecular complexity index is 1010. The van der Waals surface area contributed by atoms with Gasteiger partial charge in [0.15, 0.2) is 5.78 Å². The van der Waals surface area contributed by atoms with E-state index in [0.29, 0.717) is 27.5 Å². The highest BCUT2D eigenvalue weighted by Gasteiger charge is 2.26. The Balaban J connectivity index is 2.20. The summed E-state index contributed by atoms with van der Waals surface area (Å²) in [6.07, 6.45) is 1.28. The fraction of sp³-hybridized carbons (Fsp3) is 0.421. The van der Waals surface area contributed by atoms with Gasteiger partial charge < -0.3 is 9.72 Å². The number of ether oxygens (including phenoxy) is 1. The molecule has 0 saturated carbocycles. The third kappa shape index (κ3) is 4.88. The van der Waals surface area contributed by atoms with Gasteiger partial charge in [-0.2, -0.15) is 0 Å². The predicted molar refractivity (Wildman–Crippen MR) is 111 cm³/mol. The number of hydrogen-bond donors (Lipinski definition) is 1. The van der Waals surface area contributed by atoms with Crippen LogP contribution in [0.15, 0.2) is 28.3 Å². The SMILES string of the molecule is CCOC(=O)c1c(C)[nH]c(C(=O)[C@H](C)Sc2ccc(S(=O)(=O)N(C)C)cn2)c1C. The third-order valence-corrected chi connectivity index (χ3v) is 7.17. The maximum atomic E-state index is 12.9. The lowest BCUT2D eigenvalue weighted by Crippen LogP contribution is -2.22. The number of pyridine rings is 1. The number of carbonyl (C=O) groups is 2. The van der Waals surface area contributed by atoms with Crippen molar-refractivity contribution < 1.29 is 22.7 Å². The number of rotatable bonds is 8. The molecule has 0 aliphatic heterocycles. The lowest BCUT2D eigenvalue weighted by Gasteiger charge is -2.12. The smallest absolute Gasteiger partial charge is 0.340 e. The van der Waals surface area contributed by atoms with Gasteiger partial charge in [-0.05, 0) is 45.4 Å². The van der Waals surface area contributed by atoms with Crippen molar-refractivity contribution in [2.75, 3.05) is 20.7 Å². The van der Waals surface area contributed by atoms with Crippen molar-refractivity contribution in [3.8, 4) is 0 Å². The minimum atomic E-state index is -3.56. The highest BCUT2D eigenvalue weighted by atomic mass is 32.2. The topological polar surface area (TPSA) is 109 Å². The number of nitrogens with zero attached hydrogens (tertiary/aromatic N) is 2. The van der Waals surface area contributed by atoms with Crippen molar-refractivity contribution >= 4 is 33.5 Å². The van der Waals surface area contributed by atoms with Crippen LogP contribution in [0, 0.1) is 13.8 Å². The largest absolute Gasteiger partial charge is 0.462 e. The van der Waals surface area contributed by atoms with E-state index in [1.165, 1.54) is 38.1 Å². The zero-order valence-electron chi connectivity index (χ0n) is 17.3. The molecule has 2 aromatic rings. The monoisotopic (exact) mass is 439 g/mol. The first-order valence-electron chi connectivity index (χ1n) is 8.96. The standard InChI is InChI=1S/C19H25N3O5S2/c1-7-27-19(24)16-11(2)17(21-12(16)3)18(23)13(4)28-15-9-8-14(10-20-15)29(25,26)22(5)6/h8-10,13,21H,7H2,1-6H3/t13-/m0/s1. The Morgan fingerprint density at radius 1 is 1.28 bits per heavy atom. The minimum Gasteiger partial charge on any atom is -0.462 e. The first kappa shape index (κ1) is 23.1. The number of ketones is 1. The number of sulfonamides is 1. The van der Waals surface area contributed by atoms with Crippen LogP contribution >= 0.6 is 11.8 Å². The van der Waals surface area contributed by atoms with Gasteiger partial charge in [0.1, 0.15) is 4.90 Å². The van der Waals surface area contributed by atoms with Crippen LogP contribution in [0.3, 0.4) is 0 Å². The van der Waals surface area contributed by atoms with Gasteiger partial charge in [-0.3, -0.25) is 4.79 Å². The van der Waals surface area contributed by atoms with Crippen molar-refractivity contribution in [1.82, 2.24) is 14.3 Å². The van der Waals surface area contributed by atoms with E-state index in [4.69, 9.17) is 4.74 Å². The molecule has 29 heavy (non-hydrogen) atoms. The van der Waals surface area contributed by atoms with Crippen LogP contribution in [0.25, 0.3) is 0 Å². The molecule has 8 nitrogen and oxygen atoms in total. The highest BCUT2D eigenvalue weighted by Crippen LogP contribution is 2.27. The zero-order chi connectivity index (χ0) is 21.9. The third-order valence-electron chi connectivity index (χ3n) is 4.32. The molecule has 0 spiro atoms. The first-order valence-corrected chi connectivity index (χ1v) is 11.3. The number of Topliss-reactive ketones (excluding diaryl/α,β-unsaturated/α-hetero) is 1. The van der Waals surface area contributed by atoms with Gasteiger partial charge in [0.25, 0.3) is 0 Å². The average molecular weight is 440 g/mol. The second-order valence-corrected chi connectivity index (χ2v) is 10.1. The first-order chi connectivity index (χ1) is 13.5. The molecule has 2 rings (SSSR count). The molecule has 0 aliphatic carbocycles. The molecular weight excluding hydrogens is 414 g/mol. The number of aryl methyl sites for hydroxylation is 1. The minimum absolute atomic E-state index is 0.0840. The van der Waals surface area contributed by atoms with E-state index in [2.05, 4.69) is 9.97 Å². The predicted octanol–water partition coefficient (Wildman–Crippen LogP) is 2.82. The number of esters is 1. The fourth-order valence-corrected chi connectivity index (χ4v) is 4.44. The Labute approximate surface area is 175 Å². The van der Waals surface area contributed by atoms with Crippen LogP contribution in [0.2, 0.25) is 0 Å². The molecule has 0 fully saturated rings. The summed E-state index contributed by atoms with van der Waals surface area (Å²) >= 11 is 1.21. The zero-order valence-corrected chi connectivity index (χ0v) is 18.9. The van der Waals surface area contributed by atoms with Crippen LogP contribution < -0.4 is 0 Å². The Morgan fingerprint density at radius 3 is 2.45 bits per heavy atom. The van der Waals surface area contributed by atoms with Crippen LogP contribution in [0.5, 0.6) is 0 Å². The molecule has 0 amide bonds. The normalized spacial score (nSPS) is 12.8. The molecule has 0 unspecified atom stereocenters. The summed E-state index contributed by atoms with van der Waals surface area (Å²) in [4.78, 5) is 32.3. The number of thioether (sulfide) groups is 1. The second kappa shape index (κ2) is 9.10. The molecule has 158 valence electrons. The second-order valence-electron chi connectivity index (χ2n) is 6.59. The lowest BCUT2D eigenvalue weighted by atomic mass is 10.1. The van der Waals surface area contributed by atoms with E-state index in [-0.39, 0.29) is 17.3 Å². The maximum Gasteiger partial charge on any atom is 0.340 e. The van der Waals surface area contributed by atoms with Crippen LogP contribution in [0.4, 0.5) is 0 Å². The van der Waals surface area contributed by atoms with Crippen molar-refractivity contribution in [3.05, 3.63) is 40.8 Å². The van der Waals surface area contributed by atoms with Gasteiger partial charge in [-0.25, -0.2) is 22.5 Å². The van der Waals surface area contributed by atoms with Gasteiger partial charge in [0.05, 0.1) is 28.1 Å². The molecule has 1 N–H and O–H groups in total. The highest BCUT2D eigenvalue weighted by molar-refractivity contribution is 8.00. The fourth-order valence-electron chi connectivity index (χ4n) is 2.74. The van der Waals surface area contributed by atoms with Crippen molar-refractivity contribution in [1.29, 1.82) is 0 Å². The van der Waals surface area contributed by atoms with E-state index < -0.39 is 21.2 Å². The average Bonchev–Trinajstić information content (AvgIpc) is 2.95. The van der Waals surface area contributed by atoms with E-state index in [9.17, 15) is 18.0 Å². The summed E-state index contributed by atoms with van der Waals surface area (Å²) < 4.78 is 30.4. The van der Waals surface area contributed by atoms with Gasteiger partial charge >= 0.3 is 5.97 Å². The molecule has 2 heterocycles. The number of aromatic nitrogens is 2.